The van der Waals surface area contributed by atoms with Gasteiger partial charge in [0.25, 0.3) is 17.7 Å². The van der Waals surface area contributed by atoms with Crippen LogP contribution in [0.5, 0.6) is 0 Å². The van der Waals surface area contributed by atoms with Crippen LogP contribution in [0.15, 0.2) is 83.8 Å². The Kier molecular flexibility index (Phi) is 6.65. The molecule has 0 fully saturated rings. The van der Waals surface area contributed by atoms with E-state index in [1.165, 1.54) is 21.7 Å². The fraction of sp³-hybridized carbons (Fsp3) is 0.133. The molecule has 2 heterocycles. The van der Waals surface area contributed by atoms with Crippen molar-refractivity contribution in [2.45, 2.75) is 18.7 Å². The molecule has 1 aromatic heterocycles. The molecule has 0 bridgehead atoms. The number of anilines is 2. The molecule has 11 heteroatoms. The van der Waals surface area contributed by atoms with Crippen LogP contribution in [0.4, 0.5) is 10.8 Å². The summed E-state index contributed by atoms with van der Waals surface area (Å²) >= 11 is 1.18. The van der Waals surface area contributed by atoms with Crippen LogP contribution in [-0.4, -0.2) is 48.5 Å². The molecule has 0 atom stereocenters. The fourth-order valence-electron chi connectivity index (χ4n) is 5.08. The van der Waals surface area contributed by atoms with Crippen molar-refractivity contribution in [3.63, 3.8) is 0 Å². The maximum Gasteiger partial charge on any atom is 0.266 e. The van der Waals surface area contributed by atoms with E-state index in [2.05, 4.69) is 10.3 Å². The fourth-order valence-corrected chi connectivity index (χ4v) is 7.54. The first-order valence-electron chi connectivity index (χ1n) is 13.0. The summed E-state index contributed by atoms with van der Waals surface area (Å²) < 4.78 is 27.9. The van der Waals surface area contributed by atoms with Gasteiger partial charge in [0.05, 0.1) is 31.9 Å². The van der Waals surface area contributed by atoms with Crippen molar-refractivity contribution in [1.29, 1.82) is 0 Å². The third-order valence-corrected chi connectivity index (χ3v) is 10.1. The van der Waals surface area contributed by atoms with Gasteiger partial charge >= 0.3 is 0 Å². The van der Waals surface area contributed by atoms with E-state index in [1.54, 1.807) is 86.6 Å². The van der Waals surface area contributed by atoms with Crippen molar-refractivity contribution in [1.82, 2.24) is 9.29 Å². The molecule has 0 unspecified atom stereocenters. The molecule has 4 aromatic carbocycles. The van der Waals surface area contributed by atoms with E-state index < -0.39 is 27.7 Å². The Morgan fingerprint density at radius 3 is 2.17 bits per heavy atom. The number of rotatable bonds is 7. The molecular weight excluding hydrogens is 560 g/mol. The second-order valence-corrected chi connectivity index (χ2v) is 12.3. The van der Waals surface area contributed by atoms with Crippen LogP contribution in [0.3, 0.4) is 0 Å². The molecule has 41 heavy (non-hydrogen) atoms. The Morgan fingerprint density at radius 2 is 1.51 bits per heavy atom. The molecule has 0 aliphatic carbocycles. The first-order chi connectivity index (χ1) is 19.7. The van der Waals surface area contributed by atoms with Gasteiger partial charge in [-0.15, -0.1) is 0 Å². The molecule has 1 aliphatic heterocycles. The van der Waals surface area contributed by atoms with Crippen molar-refractivity contribution < 1.29 is 22.8 Å². The molecule has 6 rings (SSSR count). The zero-order chi connectivity index (χ0) is 28.9. The number of hydrogen-bond acceptors (Lipinski definition) is 7. The lowest BCUT2D eigenvalue weighted by Gasteiger charge is -2.18. The van der Waals surface area contributed by atoms with Gasteiger partial charge in [-0.1, -0.05) is 61.6 Å². The average molecular weight is 585 g/mol. The van der Waals surface area contributed by atoms with Crippen LogP contribution in [-0.2, 0) is 10.0 Å². The smallest absolute Gasteiger partial charge is 0.266 e. The number of aromatic nitrogens is 1. The van der Waals surface area contributed by atoms with E-state index in [1.807, 2.05) is 0 Å². The maximum atomic E-state index is 13.4. The topological polar surface area (TPSA) is 117 Å². The van der Waals surface area contributed by atoms with Gasteiger partial charge in [-0.25, -0.2) is 18.3 Å². The van der Waals surface area contributed by atoms with Crippen LogP contribution in [0.2, 0.25) is 0 Å². The number of nitrogens with zero attached hydrogens (tertiary/aromatic N) is 3. The van der Waals surface area contributed by atoms with E-state index >= 15 is 0 Å². The Morgan fingerprint density at radius 1 is 0.878 bits per heavy atom. The Bertz CT molecular complexity index is 1960. The monoisotopic (exact) mass is 584 g/mol. The number of fused-ring (bicyclic) bond motifs is 3. The Hall–Kier alpha value is -4.45. The van der Waals surface area contributed by atoms with Crippen molar-refractivity contribution in [3.05, 3.63) is 95.6 Å². The summed E-state index contributed by atoms with van der Waals surface area (Å²) in [5.74, 6) is -1.25. The molecule has 0 saturated heterocycles. The van der Waals surface area contributed by atoms with Crippen molar-refractivity contribution in [2.24, 2.45) is 0 Å². The van der Waals surface area contributed by atoms with Crippen LogP contribution >= 0.6 is 11.3 Å². The summed E-state index contributed by atoms with van der Waals surface area (Å²) in [5, 5.41) is 4.28. The van der Waals surface area contributed by atoms with Crippen LogP contribution < -0.4 is 10.2 Å². The number of thiazole rings is 1. The highest BCUT2D eigenvalue weighted by atomic mass is 32.2. The minimum atomic E-state index is -3.64. The van der Waals surface area contributed by atoms with Gasteiger partial charge in [0.2, 0.25) is 10.0 Å². The average Bonchev–Trinajstić information content (AvgIpc) is 3.49. The molecule has 3 amide bonds. The number of benzene rings is 4. The number of carbonyl (C=O) groups is 3. The highest BCUT2D eigenvalue weighted by Gasteiger charge is 2.37. The summed E-state index contributed by atoms with van der Waals surface area (Å²) in [5.41, 5.74) is 1.98. The summed E-state index contributed by atoms with van der Waals surface area (Å²) in [4.78, 5) is 45.5. The van der Waals surface area contributed by atoms with Crippen LogP contribution in [0.25, 0.3) is 21.0 Å². The predicted molar refractivity (Wildman–Crippen MR) is 159 cm³/mol. The van der Waals surface area contributed by atoms with E-state index in [9.17, 15) is 22.8 Å². The number of amides is 3. The van der Waals surface area contributed by atoms with Crippen molar-refractivity contribution in [2.75, 3.05) is 23.3 Å². The summed E-state index contributed by atoms with van der Waals surface area (Å²) in [6, 6.07) is 21.7. The highest BCUT2D eigenvalue weighted by Crippen LogP contribution is 2.36. The molecule has 1 aliphatic rings. The van der Waals surface area contributed by atoms with Crippen molar-refractivity contribution in [3.8, 4) is 0 Å². The maximum absolute atomic E-state index is 13.4. The Labute approximate surface area is 240 Å². The summed E-state index contributed by atoms with van der Waals surface area (Å²) in [7, 11) is -3.64. The van der Waals surface area contributed by atoms with Gasteiger partial charge < -0.3 is 0 Å². The molecule has 206 valence electrons. The van der Waals surface area contributed by atoms with Gasteiger partial charge in [-0.05, 0) is 47.9 Å². The van der Waals surface area contributed by atoms with E-state index in [4.69, 9.17) is 0 Å². The minimum Gasteiger partial charge on any atom is -0.298 e. The lowest BCUT2D eigenvalue weighted by molar-refractivity contribution is 0.0925. The van der Waals surface area contributed by atoms with Gasteiger partial charge in [-0.2, -0.15) is 4.31 Å². The Balaban J connectivity index is 1.33. The third kappa shape index (κ3) is 4.38. The zero-order valence-electron chi connectivity index (χ0n) is 22.1. The molecule has 0 saturated carbocycles. The molecule has 1 N–H and O–H groups in total. The van der Waals surface area contributed by atoms with Gasteiger partial charge in [-0.3, -0.25) is 19.7 Å². The molecule has 5 aromatic rings. The molecule has 0 spiro atoms. The third-order valence-electron chi connectivity index (χ3n) is 7.10. The SMILES string of the molecule is CCN(CC)S(=O)(=O)c1ccc2nc(NC(=O)c3ccc(N4C(=O)c5ccccc5C4=O)c4ccccc34)sc2c1. The second kappa shape index (κ2) is 10.2. The van der Waals surface area contributed by atoms with Gasteiger partial charge in [0.15, 0.2) is 5.13 Å². The van der Waals surface area contributed by atoms with E-state index in [0.29, 0.717) is 61.6 Å². The minimum absolute atomic E-state index is 0.171. The number of carbonyl (C=O) groups excluding carboxylic acids is 3. The number of sulfonamides is 1. The first-order valence-corrected chi connectivity index (χ1v) is 15.2. The lowest BCUT2D eigenvalue weighted by atomic mass is 10.0. The number of imide groups is 1. The van der Waals surface area contributed by atoms with Crippen LogP contribution in [0.1, 0.15) is 44.9 Å². The van der Waals surface area contributed by atoms with Gasteiger partial charge in [0, 0.05) is 24.0 Å². The predicted octanol–water partition coefficient (Wildman–Crippen LogP) is 5.53. The zero-order valence-corrected chi connectivity index (χ0v) is 23.8. The molecule has 0 radical (unpaired) electrons. The number of nitrogens with one attached hydrogen (secondary N) is 1. The summed E-state index contributed by atoms with van der Waals surface area (Å²) in [6.07, 6.45) is 0. The lowest BCUT2D eigenvalue weighted by Crippen LogP contribution is -2.30. The largest absolute Gasteiger partial charge is 0.298 e. The van der Waals surface area contributed by atoms with Crippen molar-refractivity contribution >= 4 is 70.9 Å². The first kappa shape index (κ1) is 26.8. The molecular formula is C30H24N4O5S2. The van der Waals surface area contributed by atoms with Crippen LogP contribution in [0, 0.1) is 0 Å². The summed E-state index contributed by atoms with van der Waals surface area (Å²) in [6.45, 7) is 4.30. The molecule has 9 nitrogen and oxygen atoms in total. The van der Waals surface area contributed by atoms with E-state index in [-0.39, 0.29) is 4.90 Å². The second-order valence-electron chi connectivity index (χ2n) is 9.36. The highest BCUT2D eigenvalue weighted by molar-refractivity contribution is 7.89. The number of hydrogen-bond donors (Lipinski definition) is 1. The standard InChI is InChI=1S/C30H24N4O5S2/c1-3-33(4-2)41(38,39)18-13-15-24-26(17-18)40-30(31-24)32-27(35)21-14-16-25(20-10-6-5-9-19(20)21)34-28(36)22-11-7-8-12-23(22)29(34)37/h5-17H,3-4H2,1-2H3,(H,31,32,35). The van der Waals surface area contributed by atoms with E-state index in [0.717, 1.165) is 4.90 Å². The normalized spacial score (nSPS) is 13.4. The van der Waals surface area contributed by atoms with Gasteiger partial charge in [0.1, 0.15) is 0 Å². The quantitative estimate of drug-likeness (QED) is 0.251.